The van der Waals surface area contributed by atoms with Gasteiger partial charge in [0, 0.05) is 31.1 Å². The highest BCUT2D eigenvalue weighted by atomic mass is 16.2. The summed E-state index contributed by atoms with van der Waals surface area (Å²) >= 11 is 0. The number of carbonyl (C=O) groups excluding carboxylic acids is 2. The largest absolute Gasteiger partial charge is 0.352 e. The highest BCUT2D eigenvalue weighted by Gasteiger charge is 2.38. The number of hydrogen-bond acceptors (Lipinski definition) is 3. The van der Waals surface area contributed by atoms with Gasteiger partial charge >= 0.3 is 6.03 Å². The lowest BCUT2D eigenvalue weighted by atomic mass is 9.91. The van der Waals surface area contributed by atoms with Gasteiger partial charge in [0.1, 0.15) is 0 Å². The summed E-state index contributed by atoms with van der Waals surface area (Å²) in [6.07, 6.45) is 3.70. The van der Waals surface area contributed by atoms with E-state index in [1.165, 1.54) is 0 Å². The van der Waals surface area contributed by atoms with E-state index in [2.05, 4.69) is 24.1 Å². The summed E-state index contributed by atoms with van der Waals surface area (Å²) in [6, 6.07) is 3.28. The smallest absolute Gasteiger partial charge is 0.312 e. The Kier molecular flexibility index (Phi) is 4.45. The first-order chi connectivity index (χ1) is 9.92. The molecule has 0 fully saturated rings. The number of amides is 3. The lowest BCUT2D eigenvalue weighted by Crippen LogP contribution is -2.34. The van der Waals surface area contributed by atoms with E-state index in [1.807, 2.05) is 17.0 Å². The fraction of sp³-hybridized carbons (Fsp3) is 0.533. The average Bonchev–Trinajstić information content (AvgIpc) is 2.71. The molecule has 0 atom stereocenters. The van der Waals surface area contributed by atoms with Crippen LogP contribution in [0.4, 0.5) is 10.5 Å². The summed E-state index contributed by atoms with van der Waals surface area (Å²) in [4.78, 5) is 29.2. The zero-order chi connectivity index (χ0) is 15.5. The van der Waals surface area contributed by atoms with E-state index in [4.69, 9.17) is 5.73 Å². The molecule has 0 saturated carbocycles. The number of rotatable bonds is 5. The molecule has 2 heterocycles. The molecule has 0 radical (unpaired) electrons. The van der Waals surface area contributed by atoms with Gasteiger partial charge in [-0.05, 0) is 25.0 Å². The molecule has 0 unspecified atom stereocenters. The fourth-order valence-corrected chi connectivity index (χ4v) is 2.66. The minimum atomic E-state index is -0.525. The Labute approximate surface area is 124 Å². The summed E-state index contributed by atoms with van der Waals surface area (Å²) in [5.41, 5.74) is 6.77. The van der Waals surface area contributed by atoms with Crippen LogP contribution in [0.5, 0.6) is 0 Å². The monoisotopic (exact) mass is 290 g/mol. The van der Waals surface area contributed by atoms with Crippen molar-refractivity contribution in [2.75, 3.05) is 18.0 Å². The van der Waals surface area contributed by atoms with Gasteiger partial charge < -0.3 is 16.0 Å². The van der Waals surface area contributed by atoms with Crippen LogP contribution in [0.25, 0.3) is 0 Å². The van der Waals surface area contributed by atoms with Crippen molar-refractivity contribution in [3.05, 3.63) is 24.0 Å². The summed E-state index contributed by atoms with van der Waals surface area (Å²) in [6.45, 7) is 5.37. The van der Waals surface area contributed by atoms with Crippen LogP contribution in [-0.2, 0) is 10.2 Å². The van der Waals surface area contributed by atoms with E-state index >= 15 is 0 Å². The number of fused-ring (bicyclic) bond motifs is 1. The van der Waals surface area contributed by atoms with E-state index < -0.39 is 6.03 Å². The Morgan fingerprint density at radius 1 is 1.43 bits per heavy atom. The van der Waals surface area contributed by atoms with Crippen molar-refractivity contribution in [1.29, 1.82) is 0 Å². The standard InChI is InChI=1S/C15H22N4O2/c1-15(2)10-19(11-6-5-9-17-13(11)15)12(20)7-3-4-8-18-14(16)21/h5-6,9H,3-4,7-8,10H2,1-2H3,(H3,16,18,21). The highest BCUT2D eigenvalue weighted by Crippen LogP contribution is 2.38. The van der Waals surface area contributed by atoms with Crippen molar-refractivity contribution in [3.8, 4) is 0 Å². The number of pyridine rings is 1. The third-order valence-electron chi connectivity index (χ3n) is 3.69. The van der Waals surface area contributed by atoms with Crippen LogP contribution >= 0.6 is 0 Å². The van der Waals surface area contributed by atoms with Crippen LogP contribution in [0.15, 0.2) is 18.3 Å². The molecule has 2 rings (SSSR count). The molecule has 3 N–H and O–H groups in total. The summed E-state index contributed by atoms with van der Waals surface area (Å²) in [7, 11) is 0. The number of unbranched alkanes of at least 4 members (excludes halogenated alkanes) is 1. The van der Waals surface area contributed by atoms with Gasteiger partial charge in [0.05, 0.1) is 11.4 Å². The maximum Gasteiger partial charge on any atom is 0.312 e. The van der Waals surface area contributed by atoms with E-state index in [0.29, 0.717) is 19.5 Å². The van der Waals surface area contributed by atoms with E-state index in [9.17, 15) is 9.59 Å². The molecule has 0 spiro atoms. The number of nitrogens with zero attached hydrogens (tertiary/aromatic N) is 2. The number of carbonyl (C=O) groups is 2. The number of anilines is 1. The molecule has 6 nitrogen and oxygen atoms in total. The Balaban J connectivity index is 1.91. The number of hydrogen-bond donors (Lipinski definition) is 2. The molecule has 114 valence electrons. The molecule has 1 aliphatic rings. The normalized spacial score (nSPS) is 15.6. The number of aromatic nitrogens is 1. The van der Waals surface area contributed by atoms with Gasteiger partial charge in [0.15, 0.2) is 0 Å². The van der Waals surface area contributed by atoms with Crippen molar-refractivity contribution in [2.24, 2.45) is 5.73 Å². The van der Waals surface area contributed by atoms with Crippen molar-refractivity contribution < 1.29 is 9.59 Å². The maximum atomic E-state index is 12.4. The highest BCUT2D eigenvalue weighted by molar-refractivity contribution is 5.95. The maximum absolute atomic E-state index is 12.4. The zero-order valence-corrected chi connectivity index (χ0v) is 12.6. The molecule has 0 aliphatic carbocycles. The van der Waals surface area contributed by atoms with Crippen LogP contribution in [0.3, 0.4) is 0 Å². The average molecular weight is 290 g/mol. The molecule has 21 heavy (non-hydrogen) atoms. The minimum Gasteiger partial charge on any atom is -0.352 e. The van der Waals surface area contributed by atoms with Crippen molar-refractivity contribution in [1.82, 2.24) is 10.3 Å². The molecule has 0 saturated heterocycles. The first-order valence-corrected chi connectivity index (χ1v) is 7.21. The molecule has 1 aromatic heterocycles. The zero-order valence-electron chi connectivity index (χ0n) is 12.6. The number of primary amides is 1. The summed E-state index contributed by atoms with van der Waals surface area (Å²) < 4.78 is 0. The van der Waals surface area contributed by atoms with E-state index in [0.717, 1.165) is 24.2 Å². The van der Waals surface area contributed by atoms with Crippen LogP contribution in [0, 0.1) is 0 Å². The topological polar surface area (TPSA) is 88.3 Å². The Bertz CT molecular complexity index is 542. The Morgan fingerprint density at radius 2 is 2.19 bits per heavy atom. The summed E-state index contributed by atoms with van der Waals surface area (Å²) in [5.74, 6) is 0.105. The lowest BCUT2D eigenvalue weighted by molar-refractivity contribution is -0.118. The predicted molar refractivity (Wildman–Crippen MR) is 81.1 cm³/mol. The van der Waals surface area contributed by atoms with Gasteiger partial charge in [-0.1, -0.05) is 13.8 Å². The third-order valence-corrected chi connectivity index (χ3v) is 3.69. The first kappa shape index (κ1) is 15.3. The SMILES string of the molecule is CC1(C)CN(C(=O)CCCCNC(N)=O)c2cccnc21. The molecule has 6 heteroatoms. The molecule has 0 aromatic carbocycles. The lowest BCUT2D eigenvalue weighted by Gasteiger charge is -2.20. The van der Waals surface area contributed by atoms with E-state index in [1.54, 1.807) is 6.20 Å². The number of urea groups is 1. The molecular weight excluding hydrogens is 268 g/mol. The Morgan fingerprint density at radius 3 is 2.90 bits per heavy atom. The van der Waals surface area contributed by atoms with Crippen molar-refractivity contribution in [3.63, 3.8) is 0 Å². The van der Waals surface area contributed by atoms with Gasteiger partial charge in [-0.15, -0.1) is 0 Å². The number of nitrogens with one attached hydrogen (secondary N) is 1. The molecule has 1 aromatic rings. The fourth-order valence-electron chi connectivity index (χ4n) is 2.66. The van der Waals surface area contributed by atoms with E-state index in [-0.39, 0.29) is 11.3 Å². The van der Waals surface area contributed by atoms with Crippen LogP contribution in [0.1, 0.15) is 38.8 Å². The first-order valence-electron chi connectivity index (χ1n) is 7.21. The van der Waals surface area contributed by atoms with Gasteiger partial charge in [-0.25, -0.2) is 4.79 Å². The third kappa shape index (κ3) is 3.51. The minimum absolute atomic E-state index is 0.105. The van der Waals surface area contributed by atoms with Crippen molar-refractivity contribution in [2.45, 2.75) is 38.5 Å². The second kappa shape index (κ2) is 6.11. The molecule has 1 aliphatic heterocycles. The quantitative estimate of drug-likeness (QED) is 0.806. The van der Waals surface area contributed by atoms with Crippen LogP contribution in [0.2, 0.25) is 0 Å². The summed E-state index contributed by atoms with van der Waals surface area (Å²) in [5, 5.41) is 2.52. The second-order valence-electron chi connectivity index (χ2n) is 5.98. The van der Waals surface area contributed by atoms with Gasteiger partial charge in [0.2, 0.25) is 5.91 Å². The molecule has 3 amide bonds. The molecular formula is C15H22N4O2. The number of nitrogens with two attached hydrogens (primary N) is 1. The Hall–Kier alpha value is -2.11. The van der Waals surface area contributed by atoms with Crippen LogP contribution in [-0.4, -0.2) is 30.0 Å². The van der Waals surface area contributed by atoms with Gasteiger partial charge in [-0.2, -0.15) is 0 Å². The second-order valence-corrected chi connectivity index (χ2v) is 5.98. The molecule has 0 bridgehead atoms. The van der Waals surface area contributed by atoms with Gasteiger partial charge in [-0.3, -0.25) is 9.78 Å². The predicted octanol–water partition coefficient (Wildman–Crippen LogP) is 1.54. The van der Waals surface area contributed by atoms with Crippen LogP contribution < -0.4 is 16.0 Å². The van der Waals surface area contributed by atoms with Crippen molar-refractivity contribution >= 4 is 17.6 Å². The van der Waals surface area contributed by atoms with Gasteiger partial charge in [0.25, 0.3) is 0 Å².